The summed E-state index contributed by atoms with van der Waals surface area (Å²) >= 11 is 0. The summed E-state index contributed by atoms with van der Waals surface area (Å²) < 4.78 is 4.85. The van der Waals surface area contributed by atoms with Crippen LogP contribution in [0.2, 0.25) is 0 Å². The van der Waals surface area contributed by atoms with E-state index in [1.165, 1.54) is 13.2 Å². The smallest absolute Gasteiger partial charge is 0.313 e. The molecule has 5 heteroatoms. The minimum absolute atomic E-state index is 0.106. The molecule has 0 fully saturated rings. The van der Waals surface area contributed by atoms with Crippen molar-refractivity contribution in [2.75, 3.05) is 12.8 Å². The van der Waals surface area contributed by atoms with E-state index in [2.05, 4.69) is 0 Å². The highest BCUT2D eigenvalue weighted by molar-refractivity contribution is 5.67. The number of aryl methyl sites for hydroxylation is 1. The van der Waals surface area contributed by atoms with Gasteiger partial charge in [0, 0.05) is 6.07 Å². The van der Waals surface area contributed by atoms with Gasteiger partial charge in [0.15, 0.2) is 0 Å². The molecule has 2 N–H and O–H groups in total. The largest absolute Gasteiger partial charge is 0.489 e. The first-order chi connectivity index (χ1) is 6.07. The van der Waals surface area contributed by atoms with Crippen molar-refractivity contribution in [3.05, 3.63) is 27.8 Å². The number of nitro groups is 1. The molecule has 0 atom stereocenters. The van der Waals surface area contributed by atoms with Crippen LogP contribution in [0.5, 0.6) is 5.75 Å². The Morgan fingerprint density at radius 1 is 1.54 bits per heavy atom. The fraction of sp³-hybridized carbons (Fsp3) is 0.250. The third kappa shape index (κ3) is 1.53. The van der Waals surface area contributed by atoms with Crippen molar-refractivity contribution in [3.8, 4) is 5.75 Å². The van der Waals surface area contributed by atoms with Crippen molar-refractivity contribution in [2.24, 2.45) is 0 Å². The van der Waals surface area contributed by atoms with Crippen molar-refractivity contribution in [3.63, 3.8) is 0 Å². The third-order valence-corrected chi connectivity index (χ3v) is 1.79. The molecule has 0 unspecified atom stereocenters. The molecule has 70 valence electrons. The zero-order chi connectivity index (χ0) is 10.0. The number of nitrogens with two attached hydrogens (primary N) is 1. The quantitative estimate of drug-likeness (QED) is 0.427. The predicted octanol–water partition coefficient (Wildman–Crippen LogP) is 1.49. The summed E-state index contributed by atoms with van der Waals surface area (Å²) in [6.07, 6.45) is 0. The fourth-order valence-electron chi connectivity index (χ4n) is 1.04. The Bertz CT molecular complexity index is 349. The summed E-state index contributed by atoms with van der Waals surface area (Å²) in [5.41, 5.74) is 6.58. The zero-order valence-corrected chi connectivity index (χ0v) is 7.40. The Labute approximate surface area is 75.3 Å². The van der Waals surface area contributed by atoms with E-state index in [0.29, 0.717) is 5.69 Å². The van der Waals surface area contributed by atoms with Gasteiger partial charge in [-0.3, -0.25) is 10.1 Å². The van der Waals surface area contributed by atoms with E-state index in [4.69, 9.17) is 10.5 Å². The first-order valence-corrected chi connectivity index (χ1v) is 3.65. The van der Waals surface area contributed by atoms with Crippen molar-refractivity contribution in [1.82, 2.24) is 0 Å². The second-order valence-corrected chi connectivity index (χ2v) is 2.61. The van der Waals surface area contributed by atoms with Crippen LogP contribution in [0.3, 0.4) is 0 Å². The van der Waals surface area contributed by atoms with E-state index in [-0.39, 0.29) is 11.4 Å². The summed E-state index contributed by atoms with van der Waals surface area (Å²) in [4.78, 5) is 9.99. The van der Waals surface area contributed by atoms with Gasteiger partial charge in [-0.15, -0.1) is 0 Å². The van der Waals surface area contributed by atoms with Crippen LogP contribution >= 0.6 is 0 Å². The van der Waals surface area contributed by atoms with Gasteiger partial charge < -0.3 is 10.5 Å². The number of nitrogen functional groups attached to an aromatic ring is 1. The fourth-order valence-corrected chi connectivity index (χ4v) is 1.04. The normalized spacial score (nSPS) is 9.69. The summed E-state index contributed by atoms with van der Waals surface area (Å²) in [7, 11) is 1.36. The molecule has 0 amide bonds. The molecular weight excluding hydrogens is 172 g/mol. The Morgan fingerprint density at radius 2 is 2.15 bits per heavy atom. The van der Waals surface area contributed by atoms with Gasteiger partial charge in [-0.1, -0.05) is 6.07 Å². The summed E-state index contributed by atoms with van der Waals surface area (Å²) in [5, 5.41) is 10.5. The van der Waals surface area contributed by atoms with Gasteiger partial charge in [0.1, 0.15) is 0 Å². The lowest BCUT2D eigenvalue weighted by atomic mass is 10.1. The third-order valence-electron chi connectivity index (χ3n) is 1.79. The molecule has 0 aliphatic rings. The van der Waals surface area contributed by atoms with Crippen molar-refractivity contribution >= 4 is 11.4 Å². The number of nitro benzene ring substituents is 1. The highest BCUT2D eigenvalue weighted by Crippen LogP contribution is 2.34. The molecule has 0 heterocycles. The van der Waals surface area contributed by atoms with E-state index in [0.717, 1.165) is 5.56 Å². The maximum Gasteiger partial charge on any atom is 0.313 e. The van der Waals surface area contributed by atoms with E-state index >= 15 is 0 Å². The number of nitrogens with zero attached hydrogens (tertiary/aromatic N) is 1. The van der Waals surface area contributed by atoms with Gasteiger partial charge in [-0.2, -0.15) is 0 Å². The van der Waals surface area contributed by atoms with Gasteiger partial charge in [0.2, 0.25) is 5.75 Å². The molecular formula is C8H10N2O3. The molecule has 0 saturated heterocycles. The van der Waals surface area contributed by atoms with Crippen LogP contribution in [0.15, 0.2) is 12.1 Å². The number of hydrogen-bond acceptors (Lipinski definition) is 4. The number of ether oxygens (including phenoxy) is 1. The summed E-state index contributed by atoms with van der Waals surface area (Å²) in [5.74, 6) is 0.130. The van der Waals surface area contributed by atoms with E-state index < -0.39 is 4.92 Å². The molecule has 0 aliphatic heterocycles. The van der Waals surface area contributed by atoms with Gasteiger partial charge in [0.05, 0.1) is 17.7 Å². The monoisotopic (exact) mass is 182 g/mol. The maximum absolute atomic E-state index is 10.5. The van der Waals surface area contributed by atoms with Crippen LogP contribution in [-0.4, -0.2) is 12.0 Å². The Kier molecular flexibility index (Phi) is 2.36. The molecule has 0 aromatic heterocycles. The predicted molar refractivity (Wildman–Crippen MR) is 48.8 cm³/mol. The van der Waals surface area contributed by atoms with Gasteiger partial charge in [0.25, 0.3) is 0 Å². The van der Waals surface area contributed by atoms with Crippen LogP contribution in [0.1, 0.15) is 5.56 Å². The van der Waals surface area contributed by atoms with Gasteiger partial charge in [-0.25, -0.2) is 0 Å². The average molecular weight is 182 g/mol. The Balaban J connectivity index is 3.38. The number of rotatable bonds is 2. The summed E-state index contributed by atoms with van der Waals surface area (Å²) in [6, 6.07) is 2.97. The summed E-state index contributed by atoms with van der Waals surface area (Å²) in [6.45, 7) is 1.77. The van der Waals surface area contributed by atoms with Crippen LogP contribution < -0.4 is 10.5 Å². The average Bonchev–Trinajstić information content (AvgIpc) is 2.09. The second-order valence-electron chi connectivity index (χ2n) is 2.61. The number of methoxy groups -OCH3 is 1. The topological polar surface area (TPSA) is 78.4 Å². The number of hydrogen-bond donors (Lipinski definition) is 1. The zero-order valence-electron chi connectivity index (χ0n) is 7.40. The lowest BCUT2D eigenvalue weighted by molar-refractivity contribution is -0.385. The first-order valence-electron chi connectivity index (χ1n) is 3.65. The van der Waals surface area contributed by atoms with Crippen molar-refractivity contribution < 1.29 is 9.66 Å². The SMILES string of the molecule is COc1c([N+](=O)[O-])ccc(C)c1N. The highest BCUT2D eigenvalue weighted by Gasteiger charge is 2.18. The number of anilines is 1. The maximum atomic E-state index is 10.5. The second kappa shape index (κ2) is 3.30. The molecule has 1 aromatic carbocycles. The minimum atomic E-state index is -0.519. The molecule has 0 spiro atoms. The van der Waals surface area contributed by atoms with Crippen LogP contribution in [0.4, 0.5) is 11.4 Å². The minimum Gasteiger partial charge on any atom is -0.489 e. The molecule has 1 aromatic rings. The number of benzene rings is 1. The highest BCUT2D eigenvalue weighted by atomic mass is 16.6. The lowest BCUT2D eigenvalue weighted by Crippen LogP contribution is -1.99. The molecule has 13 heavy (non-hydrogen) atoms. The van der Waals surface area contributed by atoms with Crippen LogP contribution in [0, 0.1) is 17.0 Å². The molecule has 1 rings (SSSR count). The van der Waals surface area contributed by atoms with Crippen LogP contribution in [0.25, 0.3) is 0 Å². The Hall–Kier alpha value is -1.78. The van der Waals surface area contributed by atoms with Crippen molar-refractivity contribution in [2.45, 2.75) is 6.92 Å². The van der Waals surface area contributed by atoms with Crippen molar-refractivity contribution in [1.29, 1.82) is 0 Å². The van der Waals surface area contributed by atoms with E-state index in [9.17, 15) is 10.1 Å². The molecule has 0 radical (unpaired) electrons. The molecule has 0 bridgehead atoms. The molecule has 0 aliphatic carbocycles. The van der Waals surface area contributed by atoms with Gasteiger partial charge in [-0.05, 0) is 12.5 Å². The lowest BCUT2D eigenvalue weighted by Gasteiger charge is -2.06. The molecule has 0 saturated carbocycles. The van der Waals surface area contributed by atoms with Gasteiger partial charge >= 0.3 is 5.69 Å². The standard InChI is InChI=1S/C8H10N2O3/c1-5-3-4-6(10(11)12)8(13-2)7(5)9/h3-4H,9H2,1-2H3. The molecule has 5 nitrogen and oxygen atoms in total. The Morgan fingerprint density at radius 3 is 2.62 bits per heavy atom. The van der Waals surface area contributed by atoms with E-state index in [1.807, 2.05) is 0 Å². The first kappa shape index (κ1) is 9.31. The van der Waals surface area contributed by atoms with Crippen LogP contribution in [-0.2, 0) is 0 Å². The van der Waals surface area contributed by atoms with E-state index in [1.54, 1.807) is 13.0 Å².